The lowest BCUT2D eigenvalue weighted by atomic mass is 10.0. The SMILES string of the molecule is CCCCCC/C=C\C/C=C\CCCCCCCC(CCC)N(C)C. The summed E-state index contributed by atoms with van der Waals surface area (Å²) in [6.45, 7) is 4.57. The average Bonchev–Trinajstić information content (AvgIpc) is 2.60. The predicted molar refractivity (Wildman–Crippen MR) is 116 cm³/mol. The van der Waals surface area contributed by atoms with E-state index in [0.29, 0.717) is 0 Å². The van der Waals surface area contributed by atoms with Crippen LogP contribution >= 0.6 is 0 Å². The predicted octanol–water partition coefficient (Wildman–Crippen LogP) is 7.92. The van der Waals surface area contributed by atoms with E-state index in [1.54, 1.807) is 0 Å². The van der Waals surface area contributed by atoms with Gasteiger partial charge < -0.3 is 4.90 Å². The zero-order valence-electron chi connectivity index (χ0n) is 17.9. The monoisotopic (exact) mass is 349 g/mol. The van der Waals surface area contributed by atoms with E-state index in [1.807, 2.05) is 0 Å². The summed E-state index contributed by atoms with van der Waals surface area (Å²) in [7, 11) is 4.46. The van der Waals surface area contributed by atoms with E-state index >= 15 is 0 Å². The van der Waals surface area contributed by atoms with Gasteiger partial charge in [0, 0.05) is 6.04 Å². The number of rotatable bonds is 18. The Hall–Kier alpha value is -0.560. The summed E-state index contributed by atoms with van der Waals surface area (Å²) in [5.41, 5.74) is 0. The maximum Gasteiger partial charge on any atom is 0.00890 e. The Balaban J connectivity index is 3.36. The Morgan fingerprint density at radius 3 is 1.72 bits per heavy atom. The molecule has 0 aromatic carbocycles. The molecule has 0 radical (unpaired) electrons. The molecule has 1 unspecified atom stereocenters. The van der Waals surface area contributed by atoms with Crippen LogP contribution in [0.1, 0.15) is 110 Å². The molecule has 0 heterocycles. The lowest BCUT2D eigenvalue weighted by molar-refractivity contribution is 0.256. The fourth-order valence-corrected chi connectivity index (χ4v) is 3.36. The highest BCUT2D eigenvalue weighted by atomic mass is 15.1. The third kappa shape index (κ3) is 18.0. The van der Waals surface area contributed by atoms with Gasteiger partial charge in [0.25, 0.3) is 0 Å². The van der Waals surface area contributed by atoms with Crippen molar-refractivity contribution in [2.45, 2.75) is 116 Å². The van der Waals surface area contributed by atoms with Crippen LogP contribution in [0.15, 0.2) is 24.3 Å². The van der Waals surface area contributed by atoms with Crippen LogP contribution in [0, 0.1) is 0 Å². The van der Waals surface area contributed by atoms with Gasteiger partial charge in [-0.1, -0.05) is 89.5 Å². The second-order valence-corrected chi connectivity index (χ2v) is 7.78. The van der Waals surface area contributed by atoms with Crippen LogP contribution in [0.3, 0.4) is 0 Å². The van der Waals surface area contributed by atoms with Crippen molar-refractivity contribution < 1.29 is 0 Å². The zero-order chi connectivity index (χ0) is 18.6. The van der Waals surface area contributed by atoms with Crippen molar-refractivity contribution in [2.24, 2.45) is 0 Å². The molecule has 1 nitrogen and oxygen atoms in total. The number of allylic oxidation sites excluding steroid dienone is 4. The molecule has 0 saturated heterocycles. The third-order valence-corrected chi connectivity index (χ3v) is 5.09. The minimum absolute atomic E-state index is 0.799. The van der Waals surface area contributed by atoms with E-state index in [9.17, 15) is 0 Å². The highest BCUT2D eigenvalue weighted by Gasteiger charge is 2.08. The highest BCUT2D eigenvalue weighted by molar-refractivity contribution is 4.92. The van der Waals surface area contributed by atoms with Crippen LogP contribution in [0.5, 0.6) is 0 Å². The Labute approximate surface area is 160 Å². The van der Waals surface area contributed by atoms with Gasteiger partial charge in [0.05, 0.1) is 0 Å². The molecular formula is C24H47N. The smallest absolute Gasteiger partial charge is 0.00890 e. The number of hydrogen-bond donors (Lipinski definition) is 0. The van der Waals surface area contributed by atoms with E-state index in [-0.39, 0.29) is 0 Å². The molecule has 25 heavy (non-hydrogen) atoms. The van der Waals surface area contributed by atoms with Crippen LogP contribution in [0.2, 0.25) is 0 Å². The van der Waals surface area contributed by atoms with Crippen molar-refractivity contribution in [2.75, 3.05) is 14.1 Å². The molecule has 0 aromatic rings. The molecule has 0 rings (SSSR count). The van der Waals surface area contributed by atoms with Gasteiger partial charge in [0.15, 0.2) is 0 Å². The van der Waals surface area contributed by atoms with E-state index in [4.69, 9.17) is 0 Å². The van der Waals surface area contributed by atoms with Crippen LogP contribution in [0.25, 0.3) is 0 Å². The number of nitrogens with zero attached hydrogens (tertiary/aromatic N) is 1. The summed E-state index contributed by atoms with van der Waals surface area (Å²) in [6.07, 6.45) is 29.6. The molecule has 0 amide bonds. The maximum absolute atomic E-state index is 2.41. The van der Waals surface area contributed by atoms with Gasteiger partial charge in [-0.05, 0) is 59.0 Å². The summed E-state index contributed by atoms with van der Waals surface area (Å²) in [4.78, 5) is 2.41. The molecule has 0 aromatic heterocycles. The van der Waals surface area contributed by atoms with Crippen LogP contribution in [-0.4, -0.2) is 25.0 Å². The average molecular weight is 350 g/mol. The first-order valence-corrected chi connectivity index (χ1v) is 11.2. The zero-order valence-corrected chi connectivity index (χ0v) is 17.9. The van der Waals surface area contributed by atoms with Gasteiger partial charge in [-0.15, -0.1) is 0 Å². The second-order valence-electron chi connectivity index (χ2n) is 7.78. The minimum atomic E-state index is 0.799. The van der Waals surface area contributed by atoms with Crippen molar-refractivity contribution in [3.63, 3.8) is 0 Å². The van der Waals surface area contributed by atoms with Gasteiger partial charge in [-0.25, -0.2) is 0 Å². The molecule has 0 fully saturated rings. The van der Waals surface area contributed by atoms with E-state index in [1.165, 1.54) is 89.9 Å². The standard InChI is InChI=1S/C24H47N/c1-5-7-8-9-10-11-12-13-14-15-16-17-18-19-20-21-23-24(22-6-2)25(3)4/h11-12,14-15,24H,5-10,13,16-23H2,1-4H3/b12-11-,15-14-. The lowest BCUT2D eigenvalue weighted by Gasteiger charge is -2.23. The Bertz CT molecular complexity index is 303. The second kappa shape index (κ2) is 19.8. The molecule has 0 aliphatic rings. The molecule has 1 heteroatoms. The van der Waals surface area contributed by atoms with Crippen molar-refractivity contribution in [1.29, 1.82) is 0 Å². The van der Waals surface area contributed by atoms with Gasteiger partial charge in [-0.2, -0.15) is 0 Å². The lowest BCUT2D eigenvalue weighted by Crippen LogP contribution is -2.27. The molecule has 0 aliphatic heterocycles. The topological polar surface area (TPSA) is 3.24 Å². The van der Waals surface area contributed by atoms with Crippen molar-refractivity contribution in [3.05, 3.63) is 24.3 Å². The Morgan fingerprint density at radius 2 is 1.16 bits per heavy atom. The molecule has 0 saturated carbocycles. The summed E-state index contributed by atoms with van der Waals surface area (Å²) >= 11 is 0. The Kier molecular flexibility index (Phi) is 19.3. The quantitative estimate of drug-likeness (QED) is 0.179. The summed E-state index contributed by atoms with van der Waals surface area (Å²) < 4.78 is 0. The minimum Gasteiger partial charge on any atom is -0.306 e. The van der Waals surface area contributed by atoms with Crippen molar-refractivity contribution in [1.82, 2.24) is 4.90 Å². The normalized spacial score (nSPS) is 13.5. The highest BCUT2D eigenvalue weighted by Crippen LogP contribution is 2.14. The molecule has 0 N–H and O–H groups in total. The molecule has 0 bridgehead atoms. The van der Waals surface area contributed by atoms with Gasteiger partial charge in [-0.3, -0.25) is 0 Å². The maximum atomic E-state index is 2.41. The molecule has 0 spiro atoms. The summed E-state index contributed by atoms with van der Waals surface area (Å²) in [6, 6.07) is 0.799. The summed E-state index contributed by atoms with van der Waals surface area (Å²) in [5, 5.41) is 0. The van der Waals surface area contributed by atoms with E-state index < -0.39 is 0 Å². The molecular weight excluding hydrogens is 302 g/mol. The van der Waals surface area contributed by atoms with E-state index in [0.717, 1.165) is 12.5 Å². The Morgan fingerprint density at radius 1 is 0.600 bits per heavy atom. The largest absolute Gasteiger partial charge is 0.306 e. The fraction of sp³-hybridized carbons (Fsp3) is 0.833. The van der Waals surface area contributed by atoms with Gasteiger partial charge in [0.1, 0.15) is 0 Å². The van der Waals surface area contributed by atoms with Crippen LogP contribution < -0.4 is 0 Å². The van der Waals surface area contributed by atoms with Gasteiger partial charge >= 0.3 is 0 Å². The molecule has 1 atom stereocenters. The number of unbranched alkanes of at least 4 members (excludes halogenated alkanes) is 9. The van der Waals surface area contributed by atoms with E-state index in [2.05, 4.69) is 57.1 Å². The fourth-order valence-electron chi connectivity index (χ4n) is 3.36. The number of hydrogen-bond acceptors (Lipinski definition) is 1. The van der Waals surface area contributed by atoms with Crippen molar-refractivity contribution >= 4 is 0 Å². The van der Waals surface area contributed by atoms with Gasteiger partial charge in [0.2, 0.25) is 0 Å². The van der Waals surface area contributed by atoms with Crippen LogP contribution in [0.4, 0.5) is 0 Å². The van der Waals surface area contributed by atoms with Crippen molar-refractivity contribution in [3.8, 4) is 0 Å². The summed E-state index contributed by atoms with van der Waals surface area (Å²) in [5.74, 6) is 0. The third-order valence-electron chi connectivity index (χ3n) is 5.09. The molecule has 148 valence electrons. The first-order chi connectivity index (χ1) is 12.2. The first-order valence-electron chi connectivity index (χ1n) is 11.2. The molecule has 0 aliphatic carbocycles. The van der Waals surface area contributed by atoms with Crippen LogP contribution in [-0.2, 0) is 0 Å². The first kappa shape index (κ1) is 24.4.